The first-order chi connectivity index (χ1) is 39.4. The van der Waals surface area contributed by atoms with Crippen molar-refractivity contribution >= 4 is 46.9 Å². The van der Waals surface area contributed by atoms with Crippen molar-refractivity contribution in [2.75, 3.05) is 13.4 Å². The van der Waals surface area contributed by atoms with E-state index < -0.39 is 41.6 Å². The molecule has 5 heterocycles. The zero-order valence-corrected chi connectivity index (χ0v) is 46.7. The van der Waals surface area contributed by atoms with E-state index in [0.717, 1.165) is 49.8 Å². The second kappa shape index (κ2) is 29.8. The number of aromatic hydroxyl groups is 5. The number of hydrogen-bond donors (Lipinski definition) is 5. The van der Waals surface area contributed by atoms with Crippen molar-refractivity contribution in [2.45, 2.75) is 147 Å². The highest BCUT2D eigenvalue weighted by molar-refractivity contribution is 6.33. The average Bonchev–Trinajstić information content (AvgIpc) is 4.47. The van der Waals surface area contributed by atoms with Gasteiger partial charge in [0, 0.05) is 75.3 Å². The van der Waals surface area contributed by atoms with Crippen LogP contribution in [0, 0.1) is 0 Å². The van der Waals surface area contributed by atoms with E-state index in [4.69, 9.17) is 44.8 Å². The van der Waals surface area contributed by atoms with Crippen LogP contribution in [0.3, 0.4) is 0 Å². The molecule has 0 bridgehead atoms. The van der Waals surface area contributed by atoms with Crippen molar-refractivity contribution in [3.8, 4) is 34.5 Å². The Morgan fingerprint density at radius 2 is 1.07 bits per heavy atom. The SMILES string of the molecule is CCOCOc1cc(O)c2c(c1Cl)CC(=O)/C=C/CC/C=C/C[C@@H](C)OC2=O.C[C@H]1CC2OC2CC/C=C/C(=O)Cc2cc(O)cc(O)c2C(=O)O1.O=C1/C=C/CCC2OC2C[C@@H](Cc2ccccc2)OC(=O)c2c(O)cc(O)cc2C1. The van der Waals surface area contributed by atoms with Gasteiger partial charge in [0.25, 0.3) is 0 Å². The van der Waals surface area contributed by atoms with Crippen LogP contribution in [0.2, 0.25) is 5.02 Å². The third-order valence-corrected chi connectivity index (χ3v) is 14.2. The third-order valence-electron chi connectivity index (χ3n) is 13.8. The fraction of sp³-hybridized carbons (Fsp3) is 0.397. The third kappa shape index (κ3) is 18.4. The van der Waals surface area contributed by atoms with E-state index in [0.29, 0.717) is 38.7 Å². The minimum Gasteiger partial charge on any atom is -0.508 e. The highest BCUT2D eigenvalue weighted by Gasteiger charge is 2.41. The molecule has 0 radical (unpaired) electrons. The normalized spacial score (nSPS) is 24.8. The number of phenolic OH excluding ortho intramolecular Hbond substituents is 5. The number of ketones is 3. The van der Waals surface area contributed by atoms with Gasteiger partial charge in [-0.1, -0.05) is 72.3 Å². The molecule has 7 atom stereocenters. The van der Waals surface area contributed by atoms with Crippen LogP contribution < -0.4 is 4.74 Å². The zero-order valence-electron chi connectivity index (χ0n) is 46.0. The van der Waals surface area contributed by atoms with Crippen LogP contribution in [-0.2, 0) is 68.5 Å². The number of esters is 3. The summed E-state index contributed by atoms with van der Waals surface area (Å²) >= 11 is 6.41. The average molecular weight is 1150 g/mol. The maximum Gasteiger partial charge on any atom is 0.342 e. The van der Waals surface area contributed by atoms with E-state index in [-0.39, 0.29) is 135 Å². The number of phenols is 5. The lowest BCUT2D eigenvalue weighted by Crippen LogP contribution is -2.24. The molecule has 0 amide bonds. The number of cyclic esters (lactones) is 3. The summed E-state index contributed by atoms with van der Waals surface area (Å²) < 4.78 is 38.4. The Labute approximate surface area is 480 Å². The molecule has 0 spiro atoms. The van der Waals surface area contributed by atoms with Crippen molar-refractivity contribution in [1.82, 2.24) is 0 Å². The van der Waals surface area contributed by atoms with Gasteiger partial charge < -0.3 is 58.7 Å². The van der Waals surface area contributed by atoms with Crippen molar-refractivity contribution < 1.29 is 87.5 Å². The molecule has 4 aromatic carbocycles. The van der Waals surface area contributed by atoms with Crippen LogP contribution in [0.5, 0.6) is 34.5 Å². The smallest absolute Gasteiger partial charge is 0.342 e. The molecule has 9 rings (SSSR count). The molecule has 5 N–H and O–H groups in total. The Morgan fingerprint density at radius 1 is 0.561 bits per heavy atom. The van der Waals surface area contributed by atoms with Crippen LogP contribution in [0.15, 0.2) is 109 Å². The molecule has 0 aliphatic carbocycles. The van der Waals surface area contributed by atoms with Gasteiger partial charge in [0.1, 0.15) is 69.5 Å². The van der Waals surface area contributed by atoms with Crippen LogP contribution in [0.4, 0.5) is 0 Å². The monoisotopic (exact) mass is 1150 g/mol. The second-order valence-electron chi connectivity index (χ2n) is 20.4. The maximum atomic E-state index is 13.0. The van der Waals surface area contributed by atoms with Gasteiger partial charge in [0.05, 0.1) is 29.4 Å². The lowest BCUT2D eigenvalue weighted by molar-refractivity contribution is -0.114. The number of hydrogen-bond acceptors (Lipinski definition) is 18. The molecule has 18 nitrogen and oxygen atoms in total. The number of carbonyl (C=O) groups excluding carboxylic acids is 6. The molecule has 4 aromatic rings. The molecule has 5 aliphatic rings. The van der Waals surface area contributed by atoms with Gasteiger partial charge in [0.15, 0.2) is 24.1 Å². The van der Waals surface area contributed by atoms with Crippen LogP contribution >= 0.6 is 11.6 Å². The summed E-state index contributed by atoms with van der Waals surface area (Å²) in [5.74, 6) is -4.29. The summed E-state index contributed by atoms with van der Waals surface area (Å²) in [6.45, 7) is 5.71. The Bertz CT molecular complexity index is 3070. The summed E-state index contributed by atoms with van der Waals surface area (Å²) in [5, 5.41) is 50.4. The molecular formula is C63H69ClO18. The molecule has 0 aromatic heterocycles. The highest BCUT2D eigenvalue weighted by atomic mass is 35.5. The lowest BCUT2D eigenvalue weighted by atomic mass is 9.98. The van der Waals surface area contributed by atoms with Gasteiger partial charge in [0.2, 0.25) is 0 Å². The molecule has 19 heteroatoms. The fourth-order valence-electron chi connectivity index (χ4n) is 9.65. The first-order valence-electron chi connectivity index (χ1n) is 27.4. The minimum atomic E-state index is -0.736. The van der Waals surface area contributed by atoms with Gasteiger partial charge in [-0.15, -0.1) is 0 Å². The highest BCUT2D eigenvalue weighted by Crippen LogP contribution is 2.39. The van der Waals surface area contributed by atoms with Crippen LogP contribution in [0.1, 0.15) is 132 Å². The number of ether oxygens (including phenoxy) is 7. The van der Waals surface area contributed by atoms with Gasteiger partial charge in [-0.2, -0.15) is 0 Å². The van der Waals surface area contributed by atoms with E-state index in [1.165, 1.54) is 36.4 Å². The number of fused-ring (bicyclic) bond motifs is 5. The molecule has 436 valence electrons. The summed E-state index contributed by atoms with van der Waals surface area (Å²) in [4.78, 5) is 74.8. The number of epoxide rings is 2. The predicted octanol–water partition coefficient (Wildman–Crippen LogP) is 10.1. The number of rotatable bonds is 6. The predicted molar refractivity (Wildman–Crippen MR) is 300 cm³/mol. The lowest BCUT2D eigenvalue weighted by Gasteiger charge is -2.19. The van der Waals surface area contributed by atoms with Crippen LogP contribution in [-0.4, -0.2) is 117 Å². The van der Waals surface area contributed by atoms with Gasteiger partial charge >= 0.3 is 17.9 Å². The van der Waals surface area contributed by atoms with Gasteiger partial charge in [-0.25, -0.2) is 14.4 Å². The Hall–Kier alpha value is -7.77. The summed E-state index contributed by atoms with van der Waals surface area (Å²) in [6.07, 6.45) is 19.2. The van der Waals surface area contributed by atoms with E-state index in [1.807, 2.05) is 49.4 Å². The second-order valence-corrected chi connectivity index (χ2v) is 20.8. The van der Waals surface area contributed by atoms with E-state index in [1.54, 1.807) is 32.1 Å². The molecule has 2 fully saturated rings. The molecule has 0 saturated carbocycles. The summed E-state index contributed by atoms with van der Waals surface area (Å²) in [7, 11) is 0. The van der Waals surface area contributed by atoms with Crippen molar-refractivity contribution in [3.05, 3.63) is 153 Å². The minimum absolute atomic E-state index is 0.00596. The first kappa shape index (κ1) is 61.8. The molecule has 82 heavy (non-hydrogen) atoms. The number of benzene rings is 4. The number of halogens is 1. The van der Waals surface area contributed by atoms with Crippen LogP contribution in [0.25, 0.3) is 0 Å². The Morgan fingerprint density at radius 3 is 1.67 bits per heavy atom. The van der Waals surface area contributed by atoms with E-state index in [9.17, 15) is 54.3 Å². The van der Waals surface area contributed by atoms with Crippen molar-refractivity contribution in [1.29, 1.82) is 0 Å². The molecule has 2 saturated heterocycles. The van der Waals surface area contributed by atoms with Gasteiger partial charge in [-0.3, -0.25) is 14.4 Å². The largest absolute Gasteiger partial charge is 0.508 e. The quantitative estimate of drug-likeness (QED) is 0.0300. The maximum absolute atomic E-state index is 13.0. The first-order valence-corrected chi connectivity index (χ1v) is 27.8. The fourth-order valence-corrected chi connectivity index (χ4v) is 9.92. The number of allylic oxidation sites excluding steroid dienone is 7. The van der Waals surface area contributed by atoms with E-state index >= 15 is 0 Å². The molecular weight excluding hydrogens is 1080 g/mol. The van der Waals surface area contributed by atoms with Gasteiger partial charge in [-0.05, 0) is 106 Å². The Kier molecular flexibility index (Phi) is 22.5. The Balaban J connectivity index is 0.000000178. The van der Waals surface area contributed by atoms with E-state index in [2.05, 4.69) is 0 Å². The number of carbonyl (C=O) groups is 6. The van der Waals surface area contributed by atoms with Crippen molar-refractivity contribution in [2.24, 2.45) is 0 Å². The standard InChI is InChI=1S/C24H24O6.C21H25ClO6.C18H20O6/c25-17-8-4-5-9-21-22(30-21)14-19(10-15-6-2-1-3-7-15)29-24(28)23-16(11-17)12-18(26)13-20(23)27;1-3-26-13-27-18-12-17(24)19-16(20(18)22)11-15(23)10-8-6-4-5-7-9-14(2)28-21(19)25;1-10-6-16-15(24-16)5-3-2-4-12(19)7-11-8-13(20)9-14(21)17(11)18(22)23-10/h1-4,6-8,12-13,19,21-22,26-27H,5,9-11,14H2;5,7-8,10,12,14,24H,3-4,6,9,11,13H2,1-2H3;2,4,8-10,15-16,20-21H,3,5-7H2,1H3/b8-4+;7-5+,10-8+;4-2+/t19-,21?,22?;14-;10-,15?,16?/m110/s1. The molecule has 4 unspecified atom stereocenters. The van der Waals surface area contributed by atoms with Crippen molar-refractivity contribution in [3.63, 3.8) is 0 Å². The summed E-state index contributed by atoms with van der Waals surface area (Å²) in [6, 6.07) is 15.7. The topological polar surface area (TPSA) is 275 Å². The summed E-state index contributed by atoms with van der Waals surface area (Å²) in [5.41, 5.74) is 1.41. The molecule has 5 aliphatic heterocycles. The zero-order chi connectivity index (χ0) is 58.9.